The van der Waals surface area contributed by atoms with Crippen molar-refractivity contribution in [3.8, 4) is 0 Å². The molecule has 1 rings (SSSR count). The Kier molecular flexibility index (Phi) is 2.22. The van der Waals surface area contributed by atoms with Crippen LogP contribution in [0.1, 0.15) is 40.5 Å². The Bertz CT molecular complexity index is 199. The molecule has 0 nitrogen and oxygen atoms in total. The molecule has 0 unspecified atom stereocenters. The molecule has 0 N–H and O–H groups in total. The molecule has 0 aromatic rings. The summed E-state index contributed by atoms with van der Waals surface area (Å²) in [7, 11) is 0. The van der Waals surface area contributed by atoms with E-state index >= 15 is 0 Å². The van der Waals surface area contributed by atoms with Gasteiger partial charge in [-0.3, -0.25) is 0 Å². The summed E-state index contributed by atoms with van der Waals surface area (Å²) in [5.74, 6) is 0. The second-order valence-electron chi connectivity index (χ2n) is 4.39. The average molecular weight is 150 g/mol. The van der Waals surface area contributed by atoms with Gasteiger partial charge in [0, 0.05) is 0 Å². The van der Waals surface area contributed by atoms with Crippen LogP contribution in [0.4, 0.5) is 0 Å². The van der Waals surface area contributed by atoms with Gasteiger partial charge in [0.2, 0.25) is 0 Å². The Balaban J connectivity index is 2.93. The summed E-state index contributed by atoms with van der Waals surface area (Å²) in [6, 6.07) is 0. The van der Waals surface area contributed by atoms with E-state index in [0.29, 0.717) is 5.41 Å². The predicted octanol–water partition coefficient (Wildman–Crippen LogP) is 3.70. The minimum atomic E-state index is 0.334. The molecule has 0 atom stereocenters. The summed E-state index contributed by atoms with van der Waals surface area (Å²) in [5.41, 5.74) is 3.44. The van der Waals surface area contributed by atoms with E-state index in [1.54, 1.807) is 5.57 Å². The van der Waals surface area contributed by atoms with Crippen molar-refractivity contribution in [1.82, 2.24) is 0 Å². The first-order valence-corrected chi connectivity index (χ1v) is 4.38. The Morgan fingerprint density at radius 2 is 1.91 bits per heavy atom. The third kappa shape index (κ3) is 1.95. The smallest absolute Gasteiger partial charge is 0.0133 e. The monoisotopic (exact) mass is 150 g/mol. The van der Waals surface area contributed by atoms with Gasteiger partial charge in [-0.05, 0) is 30.8 Å². The molecule has 0 saturated heterocycles. The molecular formula is C11H18. The van der Waals surface area contributed by atoms with Gasteiger partial charge in [0.25, 0.3) is 0 Å². The first-order valence-electron chi connectivity index (χ1n) is 4.38. The quantitative estimate of drug-likeness (QED) is 0.494. The van der Waals surface area contributed by atoms with Crippen molar-refractivity contribution in [2.75, 3.05) is 0 Å². The van der Waals surface area contributed by atoms with Gasteiger partial charge in [-0.2, -0.15) is 0 Å². The molecule has 0 aromatic carbocycles. The highest BCUT2D eigenvalue weighted by atomic mass is 14.2. The lowest BCUT2D eigenvalue weighted by Gasteiger charge is -2.25. The van der Waals surface area contributed by atoms with Crippen molar-refractivity contribution in [2.45, 2.75) is 40.5 Å². The maximum Gasteiger partial charge on any atom is -0.0133 e. The Labute approximate surface area is 70.0 Å². The lowest BCUT2D eigenvalue weighted by Crippen LogP contribution is -2.11. The molecule has 11 heavy (non-hydrogen) atoms. The van der Waals surface area contributed by atoms with Gasteiger partial charge >= 0.3 is 0 Å². The van der Waals surface area contributed by atoms with Crippen LogP contribution >= 0.6 is 0 Å². The minimum absolute atomic E-state index is 0.334. The number of allylic oxidation sites excluding steroid dienone is 4. The van der Waals surface area contributed by atoms with Crippen LogP contribution < -0.4 is 0 Å². The van der Waals surface area contributed by atoms with Gasteiger partial charge in [-0.1, -0.05) is 38.5 Å². The maximum absolute atomic E-state index is 2.29. The molecule has 0 aromatic heterocycles. The molecule has 0 radical (unpaired) electrons. The number of hydrogen-bond acceptors (Lipinski definition) is 0. The van der Waals surface area contributed by atoms with Crippen LogP contribution in [0.15, 0.2) is 23.3 Å². The van der Waals surface area contributed by atoms with Gasteiger partial charge in [-0.25, -0.2) is 0 Å². The van der Waals surface area contributed by atoms with Gasteiger partial charge in [-0.15, -0.1) is 0 Å². The molecule has 1 aliphatic rings. The molecule has 62 valence electrons. The number of hydrogen-bond donors (Lipinski definition) is 0. The van der Waals surface area contributed by atoms with E-state index in [0.717, 1.165) is 0 Å². The highest BCUT2D eigenvalue weighted by Gasteiger charge is 2.18. The van der Waals surface area contributed by atoms with E-state index in [1.807, 2.05) is 0 Å². The summed E-state index contributed by atoms with van der Waals surface area (Å²) >= 11 is 0. The van der Waals surface area contributed by atoms with Crippen LogP contribution in [-0.4, -0.2) is 0 Å². The van der Waals surface area contributed by atoms with E-state index in [-0.39, 0.29) is 0 Å². The lowest BCUT2D eigenvalue weighted by molar-refractivity contribution is 0.506. The fourth-order valence-electron chi connectivity index (χ4n) is 1.67. The van der Waals surface area contributed by atoms with Crippen LogP contribution in [0.3, 0.4) is 0 Å². The molecule has 0 bridgehead atoms. The van der Waals surface area contributed by atoms with E-state index in [9.17, 15) is 0 Å². The first kappa shape index (κ1) is 8.58. The standard InChI is InChI=1S/C11H18/c1-9-7-5-6-8-10(9)11(2,3)4/h6,8H,5,7H2,1-4H3. The zero-order chi connectivity index (χ0) is 8.48. The lowest BCUT2D eigenvalue weighted by atomic mass is 9.80. The topological polar surface area (TPSA) is 0 Å². The Morgan fingerprint density at radius 1 is 1.27 bits per heavy atom. The largest absolute Gasteiger partial charge is 0.0839 e. The van der Waals surface area contributed by atoms with Crippen molar-refractivity contribution < 1.29 is 0 Å². The van der Waals surface area contributed by atoms with Gasteiger partial charge in [0.05, 0.1) is 0 Å². The van der Waals surface area contributed by atoms with Crippen LogP contribution in [-0.2, 0) is 0 Å². The van der Waals surface area contributed by atoms with E-state index < -0.39 is 0 Å². The fraction of sp³-hybridized carbons (Fsp3) is 0.636. The summed E-state index contributed by atoms with van der Waals surface area (Å²) in [4.78, 5) is 0. The zero-order valence-corrected chi connectivity index (χ0v) is 8.07. The van der Waals surface area contributed by atoms with Crippen molar-refractivity contribution in [2.24, 2.45) is 5.41 Å². The van der Waals surface area contributed by atoms with E-state index in [2.05, 4.69) is 39.8 Å². The third-order valence-electron chi connectivity index (χ3n) is 2.24. The van der Waals surface area contributed by atoms with Crippen LogP contribution in [0.25, 0.3) is 0 Å². The summed E-state index contributed by atoms with van der Waals surface area (Å²) in [6.45, 7) is 9.09. The molecule has 0 saturated carbocycles. The SMILES string of the molecule is CC1=C(C(C)(C)C)C=CCC1. The second-order valence-corrected chi connectivity index (χ2v) is 4.39. The third-order valence-corrected chi connectivity index (χ3v) is 2.24. The highest BCUT2D eigenvalue weighted by molar-refractivity contribution is 5.32. The molecular weight excluding hydrogens is 132 g/mol. The summed E-state index contributed by atoms with van der Waals surface area (Å²) in [5, 5.41) is 0. The maximum atomic E-state index is 2.29. The minimum Gasteiger partial charge on any atom is -0.0839 e. The number of rotatable bonds is 0. The van der Waals surface area contributed by atoms with Gasteiger partial charge < -0.3 is 0 Å². The fourth-order valence-corrected chi connectivity index (χ4v) is 1.67. The first-order chi connectivity index (χ1) is 5.02. The average Bonchev–Trinajstić information content (AvgIpc) is 1.86. The molecule has 0 fully saturated rings. The molecule has 0 aliphatic heterocycles. The highest BCUT2D eigenvalue weighted by Crippen LogP contribution is 2.33. The van der Waals surface area contributed by atoms with Crippen molar-refractivity contribution in [1.29, 1.82) is 0 Å². The zero-order valence-electron chi connectivity index (χ0n) is 8.07. The van der Waals surface area contributed by atoms with Gasteiger partial charge in [0.1, 0.15) is 0 Å². The molecule has 1 aliphatic carbocycles. The molecule has 0 heteroatoms. The van der Waals surface area contributed by atoms with Crippen molar-refractivity contribution >= 4 is 0 Å². The van der Waals surface area contributed by atoms with E-state index in [4.69, 9.17) is 0 Å². The Hall–Kier alpha value is -0.520. The Morgan fingerprint density at radius 3 is 2.27 bits per heavy atom. The molecule has 0 amide bonds. The van der Waals surface area contributed by atoms with Crippen LogP contribution in [0, 0.1) is 5.41 Å². The summed E-state index contributed by atoms with van der Waals surface area (Å²) < 4.78 is 0. The van der Waals surface area contributed by atoms with Crippen molar-refractivity contribution in [3.63, 3.8) is 0 Å². The second kappa shape index (κ2) is 2.84. The molecule has 0 heterocycles. The van der Waals surface area contributed by atoms with Crippen LogP contribution in [0.5, 0.6) is 0 Å². The normalized spacial score (nSPS) is 19.3. The predicted molar refractivity (Wildman–Crippen MR) is 50.5 cm³/mol. The van der Waals surface area contributed by atoms with E-state index in [1.165, 1.54) is 18.4 Å². The van der Waals surface area contributed by atoms with Crippen LogP contribution in [0.2, 0.25) is 0 Å². The van der Waals surface area contributed by atoms with Gasteiger partial charge in [0.15, 0.2) is 0 Å². The van der Waals surface area contributed by atoms with Crippen molar-refractivity contribution in [3.05, 3.63) is 23.3 Å². The summed E-state index contributed by atoms with van der Waals surface area (Å²) in [6.07, 6.45) is 7.06. The molecule has 0 spiro atoms.